The molecular weight excluding hydrogens is 391 g/mol. The quantitative estimate of drug-likeness (QED) is 0.656. The summed E-state index contributed by atoms with van der Waals surface area (Å²) in [5, 5.41) is 9.10. The average Bonchev–Trinajstić information content (AvgIpc) is 3.08. The predicted molar refractivity (Wildman–Crippen MR) is 92.6 cm³/mol. The van der Waals surface area contributed by atoms with E-state index >= 15 is 0 Å². The van der Waals surface area contributed by atoms with Crippen LogP contribution in [0.25, 0.3) is 0 Å². The molecule has 0 bridgehead atoms. The van der Waals surface area contributed by atoms with Gasteiger partial charge in [-0.1, -0.05) is 5.16 Å². The van der Waals surface area contributed by atoms with Crippen molar-refractivity contribution < 1.29 is 27.2 Å². The van der Waals surface area contributed by atoms with Crippen molar-refractivity contribution in [3.8, 4) is 0 Å². The fourth-order valence-electron chi connectivity index (χ4n) is 2.61. The molecule has 156 valence electrons. The van der Waals surface area contributed by atoms with Crippen molar-refractivity contribution in [1.82, 2.24) is 25.7 Å². The van der Waals surface area contributed by atoms with Crippen molar-refractivity contribution >= 4 is 18.3 Å². The lowest BCUT2D eigenvalue weighted by atomic mass is 10.2. The van der Waals surface area contributed by atoms with Gasteiger partial charge in [-0.25, -0.2) is 0 Å². The largest absolute Gasteiger partial charge is 0.405 e. The average molecular weight is 416 g/mol. The van der Waals surface area contributed by atoms with E-state index in [9.17, 15) is 18.0 Å². The smallest absolute Gasteiger partial charge is 0.374 e. The van der Waals surface area contributed by atoms with Crippen LogP contribution in [0.15, 0.2) is 4.52 Å². The molecule has 0 aliphatic carbocycles. The van der Waals surface area contributed by atoms with E-state index < -0.39 is 24.7 Å². The van der Waals surface area contributed by atoms with Crippen LogP contribution in [0, 0.1) is 0 Å². The third-order valence-electron chi connectivity index (χ3n) is 4.23. The third kappa shape index (κ3) is 7.24. The van der Waals surface area contributed by atoms with Crippen molar-refractivity contribution in [2.24, 2.45) is 0 Å². The molecule has 2 unspecified atom stereocenters. The van der Waals surface area contributed by atoms with Crippen molar-refractivity contribution in [3.05, 3.63) is 11.7 Å². The van der Waals surface area contributed by atoms with E-state index in [-0.39, 0.29) is 37.2 Å². The number of methoxy groups -OCH3 is 1. The molecule has 2 atom stereocenters. The first-order valence-electron chi connectivity index (χ1n) is 8.44. The molecule has 27 heavy (non-hydrogen) atoms. The van der Waals surface area contributed by atoms with Gasteiger partial charge in [-0.2, -0.15) is 18.2 Å². The van der Waals surface area contributed by atoms with Gasteiger partial charge >= 0.3 is 6.18 Å². The maximum Gasteiger partial charge on any atom is 0.405 e. The number of nitrogens with one attached hydrogen (secondary N) is 2. The molecule has 8 nitrogen and oxygen atoms in total. The van der Waals surface area contributed by atoms with Gasteiger partial charge in [-0.05, 0) is 6.92 Å². The fraction of sp³-hybridized carbons (Fsp3) is 0.800. The number of alkyl halides is 3. The second-order valence-electron chi connectivity index (χ2n) is 6.07. The molecule has 1 saturated heterocycles. The van der Waals surface area contributed by atoms with Crippen LogP contribution in [0.2, 0.25) is 0 Å². The Balaban J connectivity index is 0.00000364. The number of carbonyl (C=O) groups excluding carboxylic acids is 1. The highest BCUT2D eigenvalue weighted by molar-refractivity contribution is 5.85. The summed E-state index contributed by atoms with van der Waals surface area (Å²) in [6.07, 6.45) is -4.62. The minimum atomic E-state index is -4.40. The first-order valence-corrected chi connectivity index (χ1v) is 8.44. The molecular formula is C15H25ClF3N5O3. The number of hydrogen-bond acceptors (Lipinski definition) is 7. The van der Waals surface area contributed by atoms with Crippen LogP contribution in [-0.2, 0) is 16.0 Å². The van der Waals surface area contributed by atoms with Crippen LogP contribution in [0.3, 0.4) is 0 Å². The highest BCUT2D eigenvalue weighted by atomic mass is 35.5. The lowest BCUT2D eigenvalue weighted by Crippen LogP contribution is -2.57. The molecule has 0 radical (unpaired) electrons. The minimum Gasteiger partial charge on any atom is -0.374 e. The highest BCUT2D eigenvalue weighted by Gasteiger charge is 2.43. The maximum absolute atomic E-state index is 13.3. The van der Waals surface area contributed by atoms with Gasteiger partial charge in [0.1, 0.15) is 12.1 Å². The SMILES string of the molecule is COC(C)c1noc(CCC(=O)NCC(N2CCNCC2)C(F)(F)F)n1.Cl. The number of amides is 1. The summed E-state index contributed by atoms with van der Waals surface area (Å²) in [5.41, 5.74) is 0. The monoisotopic (exact) mass is 415 g/mol. The fourth-order valence-corrected chi connectivity index (χ4v) is 2.61. The normalized spacial score (nSPS) is 17.8. The Hall–Kier alpha value is -1.43. The number of aromatic nitrogens is 2. The predicted octanol–water partition coefficient (Wildman–Crippen LogP) is 1.08. The molecule has 1 aliphatic heterocycles. The summed E-state index contributed by atoms with van der Waals surface area (Å²) in [5.74, 6) is 0.112. The Morgan fingerprint density at radius 3 is 2.67 bits per heavy atom. The first kappa shape index (κ1) is 23.6. The van der Waals surface area contributed by atoms with E-state index in [0.717, 1.165) is 0 Å². The molecule has 1 aromatic heterocycles. The van der Waals surface area contributed by atoms with Gasteiger partial charge in [-0.3, -0.25) is 9.69 Å². The molecule has 0 aromatic carbocycles. The van der Waals surface area contributed by atoms with Crippen LogP contribution in [0.1, 0.15) is 31.2 Å². The zero-order valence-corrected chi connectivity index (χ0v) is 16.0. The van der Waals surface area contributed by atoms with Gasteiger partial charge < -0.3 is 19.9 Å². The standard InChI is InChI=1S/C15H24F3N5O3.ClH/c1-10(25-2)14-21-13(26-22-14)4-3-12(24)20-9-11(15(16,17)18)23-7-5-19-6-8-23;/h10-11,19H,3-9H2,1-2H3,(H,20,24);1H. The van der Waals surface area contributed by atoms with Crippen LogP contribution >= 0.6 is 12.4 Å². The zero-order chi connectivity index (χ0) is 19.2. The first-order chi connectivity index (χ1) is 12.3. The lowest BCUT2D eigenvalue weighted by Gasteiger charge is -2.35. The van der Waals surface area contributed by atoms with E-state index in [1.54, 1.807) is 6.92 Å². The number of halogens is 4. The Bertz CT molecular complexity index is 581. The highest BCUT2D eigenvalue weighted by Crippen LogP contribution is 2.24. The van der Waals surface area contributed by atoms with Crippen LogP contribution < -0.4 is 10.6 Å². The number of ether oxygens (including phenoxy) is 1. The second-order valence-corrected chi connectivity index (χ2v) is 6.07. The Kier molecular flexibility index (Phi) is 9.43. The number of carbonyl (C=O) groups is 1. The van der Waals surface area contributed by atoms with Crippen molar-refractivity contribution in [1.29, 1.82) is 0 Å². The van der Waals surface area contributed by atoms with Crippen LogP contribution in [0.4, 0.5) is 13.2 Å². The summed E-state index contributed by atoms with van der Waals surface area (Å²) < 4.78 is 49.8. The van der Waals surface area contributed by atoms with Gasteiger partial charge in [0.05, 0.1) is 0 Å². The molecule has 2 rings (SSSR count). The molecule has 0 saturated carbocycles. The number of hydrogen-bond donors (Lipinski definition) is 2. The van der Waals surface area contributed by atoms with E-state index in [0.29, 0.717) is 32.0 Å². The summed E-state index contributed by atoms with van der Waals surface area (Å²) in [4.78, 5) is 17.3. The molecule has 0 spiro atoms. The lowest BCUT2D eigenvalue weighted by molar-refractivity contribution is -0.184. The van der Waals surface area contributed by atoms with E-state index in [4.69, 9.17) is 9.26 Å². The van der Waals surface area contributed by atoms with Gasteiger partial charge in [-0.15, -0.1) is 12.4 Å². The Morgan fingerprint density at radius 2 is 2.07 bits per heavy atom. The number of aryl methyl sites for hydroxylation is 1. The molecule has 12 heteroatoms. The van der Waals surface area contributed by atoms with Gasteiger partial charge in [0, 0.05) is 52.7 Å². The van der Waals surface area contributed by atoms with E-state index in [2.05, 4.69) is 20.8 Å². The van der Waals surface area contributed by atoms with Gasteiger partial charge in [0.25, 0.3) is 0 Å². The molecule has 1 amide bonds. The summed E-state index contributed by atoms with van der Waals surface area (Å²) in [7, 11) is 1.50. The minimum absolute atomic E-state index is 0. The number of nitrogens with zero attached hydrogens (tertiary/aromatic N) is 3. The Morgan fingerprint density at radius 1 is 1.41 bits per heavy atom. The zero-order valence-electron chi connectivity index (χ0n) is 15.2. The third-order valence-corrected chi connectivity index (χ3v) is 4.23. The van der Waals surface area contributed by atoms with Crippen molar-refractivity contribution in [3.63, 3.8) is 0 Å². The molecule has 2 N–H and O–H groups in total. The summed E-state index contributed by atoms with van der Waals surface area (Å²) in [6, 6.07) is -1.69. The van der Waals surface area contributed by atoms with E-state index in [1.165, 1.54) is 12.0 Å². The summed E-state index contributed by atoms with van der Waals surface area (Å²) in [6.45, 7) is 2.86. The number of piperazine rings is 1. The van der Waals surface area contributed by atoms with E-state index in [1.807, 2.05) is 0 Å². The molecule has 1 fully saturated rings. The molecule has 1 aromatic rings. The van der Waals surface area contributed by atoms with Gasteiger partial charge in [0.2, 0.25) is 11.8 Å². The second kappa shape index (κ2) is 10.8. The molecule has 2 heterocycles. The maximum atomic E-state index is 13.3. The van der Waals surface area contributed by atoms with Gasteiger partial charge in [0.15, 0.2) is 5.82 Å². The van der Waals surface area contributed by atoms with Crippen LogP contribution in [-0.4, -0.2) is 73.0 Å². The summed E-state index contributed by atoms with van der Waals surface area (Å²) >= 11 is 0. The van der Waals surface area contributed by atoms with Crippen molar-refractivity contribution in [2.45, 2.75) is 38.1 Å². The topological polar surface area (TPSA) is 92.5 Å². The Labute approximate surface area is 161 Å². The number of rotatable bonds is 8. The van der Waals surface area contributed by atoms with Crippen molar-refractivity contribution in [2.75, 3.05) is 39.8 Å². The van der Waals surface area contributed by atoms with Crippen LogP contribution in [0.5, 0.6) is 0 Å². The molecule has 1 aliphatic rings.